The van der Waals surface area contributed by atoms with E-state index in [0.717, 1.165) is 22.6 Å². The van der Waals surface area contributed by atoms with Gasteiger partial charge in [0.05, 0.1) is 18.1 Å². The number of aromatic nitrogens is 7. The van der Waals surface area contributed by atoms with Crippen LogP contribution in [0.3, 0.4) is 0 Å². The van der Waals surface area contributed by atoms with E-state index in [1.165, 1.54) is 0 Å². The van der Waals surface area contributed by atoms with Gasteiger partial charge in [-0.1, -0.05) is 6.07 Å². The van der Waals surface area contributed by atoms with Gasteiger partial charge in [0.25, 0.3) is 5.56 Å². The number of fused-ring (bicyclic) bond motifs is 1. The first-order valence-electron chi connectivity index (χ1n) is 8.40. The van der Waals surface area contributed by atoms with Crippen LogP contribution in [0.2, 0.25) is 0 Å². The van der Waals surface area contributed by atoms with Crippen molar-refractivity contribution in [1.29, 1.82) is 0 Å². The summed E-state index contributed by atoms with van der Waals surface area (Å²) in [5.41, 5.74) is 2.78. The predicted molar refractivity (Wildman–Crippen MR) is 97.5 cm³/mol. The third kappa shape index (κ3) is 2.50. The molecule has 0 aliphatic carbocycles. The summed E-state index contributed by atoms with van der Waals surface area (Å²) in [5, 5.41) is 8.92. The maximum absolute atomic E-state index is 12.7. The number of aryl methyl sites for hydroxylation is 2. The Hall–Kier alpha value is -3.29. The molecule has 0 unspecified atom stereocenters. The highest BCUT2D eigenvalue weighted by Crippen LogP contribution is 2.20. The minimum atomic E-state index is -0.147. The first kappa shape index (κ1) is 16.2. The van der Waals surface area contributed by atoms with E-state index >= 15 is 0 Å². The Morgan fingerprint density at radius 1 is 1.04 bits per heavy atom. The minimum absolute atomic E-state index is 0.0236. The summed E-state index contributed by atoms with van der Waals surface area (Å²) in [4.78, 5) is 21.4. The van der Waals surface area contributed by atoms with Crippen LogP contribution in [0.4, 0.5) is 0 Å². The summed E-state index contributed by atoms with van der Waals surface area (Å²) >= 11 is 0. The van der Waals surface area contributed by atoms with Crippen molar-refractivity contribution in [3.05, 3.63) is 58.7 Å². The number of hydrogen-bond acceptors (Lipinski definition) is 5. The zero-order valence-corrected chi connectivity index (χ0v) is 15.1. The Morgan fingerprint density at radius 2 is 1.85 bits per heavy atom. The van der Waals surface area contributed by atoms with E-state index in [0.29, 0.717) is 11.5 Å². The van der Waals surface area contributed by atoms with Gasteiger partial charge in [0.2, 0.25) is 5.65 Å². The molecule has 0 saturated heterocycles. The molecule has 8 nitrogen and oxygen atoms in total. The van der Waals surface area contributed by atoms with E-state index < -0.39 is 0 Å². The number of hydrogen-bond donors (Lipinski definition) is 0. The van der Waals surface area contributed by atoms with Crippen LogP contribution in [0, 0.1) is 13.8 Å². The largest absolute Gasteiger partial charge is 0.297 e. The lowest BCUT2D eigenvalue weighted by Crippen LogP contribution is -2.28. The molecule has 132 valence electrons. The van der Waals surface area contributed by atoms with Crippen LogP contribution in [-0.4, -0.2) is 33.9 Å². The second-order valence-corrected chi connectivity index (χ2v) is 6.56. The van der Waals surface area contributed by atoms with Crippen molar-refractivity contribution in [3.63, 3.8) is 0 Å². The van der Waals surface area contributed by atoms with Gasteiger partial charge >= 0.3 is 0 Å². The highest BCUT2D eigenvalue weighted by molar-refractivity contribution is 5.61. The molecule has 0 aromatic carbocycles. The molecular weight excluding hydrogens is 330 g/mol. The van der Waals surface area contributed by atoms with Crippen molar-refractivity contribution in [2.75, 3.05) is 0 Å². The van der Waals surface area contributed by atoms with Gasteiger partial charge in [0.1, 0.15) is 5.82 Å². The van der Waals surface area contributed by atoms with E-state index in [4.69, 9.17) is 0 Å². The summed E-state index contributed by atoms with van der Waals surface area (Å²) < 4.78 is 4.92. The van der Waals surface area contributed by atoms with Gasteiger partial charge in [0, 0.05) is 24.0 Å². The molecule has 8 heteroatoms. The van der Waals surface area contributed by atoms with Gasteiger partial charge in [-0.15, -0.1) is 0 Å². The number of pyridine rings is 1. The first-order chi connectivity index (χ1) is 12.5. The molecule has 26 heavy (non-hydrogen) atoms. The van der Waals surface area contributed by atoms with Crippen LogP contribution in [0.5, 0.6) is 0 Å². The average molecular weight is 349 g/mol. The molecule has 0 amide bonds. The first-order valence-corrected chi connectivity index (χ1v) is 8.40. The van der Waals surface area contributed by atoms with Crippen molar-refractivity contribution in [3.8, 4) is 17.1 Å². The third-order valence-corrected chi connectivity index (χ3v) is 4.27. The van der Waals surface area contributed by atoms with E-state index in [-0.39, 0.29) is 11.6 Å². The summed E-state index contributed by atoms with van der Waals surface area (Å²) in [6.07, 6.45) is 7.02. The summed E-state index contributed by atoms with van der Waals surface area (Å²) in [6, 6.07) is 3.91. The third-order valence-electron chi connectivity index (χ3n) is 4.27. The molecule has 4 rings (SSSR count). The molecular formula is C18H19N7O. The van der Waals surface area contributed by atoms with Gasteiger partial charge < -0.3 is 0 Å². The molecule has 0 saturated carbocycles. The quantitative estimate of drug-likeness (QED) is 0.567. The van der Waals surface area contributed by atoms with Crippen LogP contribution in [0.15, 0.2) is 41.7 Å². The molecule has 4 aromatic heterocycles. The Morgan fingerprint density at radius 3 is 2.54 bits per heavy atom. The summed E-state index contributed by atoms with van der Waals surface area (Å²) in [7, 11) is 0. The van der Waals surface area contributed by atoms with E-state index in [1.54, 1.807) is 32.4 Å². The van der Waals surface area contributed by atoms with Gasteiger partial charge in [-0.2, -0.15) is 10.2 Å². The molecule has 0 radical (unpaired) electrons. The van der Waals surface area contributed by atoms with Crippen LogP contribution >= 0.6 is 0 Å². The molecule has 0 spiro atoms. The second kappa shape index (κ2) is 5.91. The smallest absolute Gasteiger partial charge is 0.290 e. The van der Waals surface area contributed by atoms with E-state index in [1.807, 2.05) is 46.0 Å². The topological polar surface area (TPSA) is 82.9 Å². The van der Waals surface area contributed by atoms with Gasteiger partial charge in [0.15, 0.2) is 5.82 Å². The fourth-order valence-corrected chi connectivity index (χ4v) is 3.02. The standard InChI is InChI=1S/C18H19N7O/c1-11(2)24-13(4)22-25-15(9-20-17(25)18(24)26)14-8-21-23(10-14)16-6-5-12(3)7-19-16/h5-11H,1-4H3. The fourth-order valence-electron chi connectivity index (χ4n) is 3.02. The summed E-state index contributed by atoms with van der Waals surface area (Å²) in [6.45, 7) is 7.72. The van der Waals surface area contributed by atoms with Crippen LogP contribution in [0.25, 0.3) is 22.7 Å². The van der Waals surface area contributed by atoms with Crippen molar-refractivity contribution in [2.24, 2.45) is 0 Å². The Labute approximate surface area is 149 Å². The zero-order chi connectivity index (χ0) is 18.4. The molecule has 0 fully saturated rings. The molecule has 0 aliphatic heterocycles. The van der Waals surface area contributed by atoms with Crippen LogP contribution in [-0.2, 0) is 0 Å². The number of nitrogens with zero attached hydrogens (tertiary/aromatic N) is 7. The number of rotatable bonds is 3. The highest BCUT2D eigenvalue weighted by Gasteiger charge is 2.16. The Kier molecular flexibility index (Phi) is 3.68. The van der Waals surface area contributed by atoms with Crippen LogP contribution < -0.4 is 5.56 Å². The van der Waals surface area contributed by atoms with Crippen LogP contribution in [0.1, 0.15) is 31.3 Å². The lowest BCUT2D eigenvalue weighted by atomic mass is 10.3. The average Bonchev–Trinajstić information content (AvgIpc) is 3.22. The van der Waals surface area contributed by atoms with E-state index in [9.17, 15) is 4.79 Å². The molecule has 4 aromatic rings. The van der Waals surface area contributed by atoms with Gasteiger partial charge in [-0.05, 0) is 39.3 Å². The van der Waals surface area contributed by atoms with Crippen molar-refractivity contribution < 1.29 is 0 Å². The fraction of sp³-hybridized carbons (Fsp3) is 0.278. The second-order valence-electron chi connectivity index (χ2n) is 6.56. The monoisotopic (exact) mass is 349 g/mol. The molecule has 0 N–H and O–H groups in total. The predicted octanol–water partition coefficient (Wildman–Crippen LogP) is 2.34. The molecule has 0 aliphatic rings. The van der Waals surface area contributed by atoms with Crippen molar-refractivity contribution in [2.45, 2.75) is 33.7 Å². The Balaban J connectivity index is 1.83. The molecule has 0 atom stereocenters. The van der Waals surface area contributed by atoms with E-state index in [2.05, 4.69) is 20.2 Å². The van der Waals surface area contributed by atoms with Crippen molar-refractivity contribution >= 4 is 5.65 Å². The normalized spacial score (nSPS) is 11.6. The lowest BCUT2D eigenvalue weighted by Gasteiger charge is -2.13. The highest BCUT2D eigenvalue weighted by atomic mass is 16.1. The van der Waals surface area contributed by atoms with Crippen molar-refractivity contribution in [1.82, 2.24) is 33.9 Å². The molecule has 0 bridgehead atoms. The summed E-state index contributed by atoms with van der Waals surface area (Å²) in [5.74, 6) is 1.37. The number of imidazole rings is 1. The lowest BCUT2D eigenvalue weighted by molar-refractivity contribution is 0.536. The Bertz CT molecular complexity index is 1150. The maximum atomic E-state index is 12.7. The minimum Gasteiger partial charge on any atom is -0.290 e. The zero-order valence-electron chi connectivity index (χ0n) is 15.1. The van der Waals surface area contributed by atoms with Gasteiger partial charge in [-0.3, -0.25) is 9.36 Å². The molecule has 4 heterocycles. The SMILES string of the molecule is Cc1ccc(-n2cc(-c3cnc4c(=O)n(C(C)C)c(C)nn34)cn2)nc1. The van der Waals surface area contributed by atoms with Gasteiger partial charge in [-0.25, -0.2) is 19.2 Å². The maximum Gasteiger partial charge on any atom is 0.297 e.